The lowest BCUT2D eigenvalue weighted by Gasteiger charge is -2.16. The van der Waals surface area contributed by atoms with E-state index >= 15 is 0 Å². The minimum atomic E-state index is -0.185. The highest BCUT2D eigenvalue weighted by molar-refractivity contribution is 7.97. The lowest BCUT2D eigenvalue weighted by atomic mass is 10.1. The van der Waals surface area contributed by atoms with Gasteiger partial charge in [-0.05, 0) is 56.6 Å². The summed E-state index contributed by atoms with van der Waals surface area (Å²) in [7, 11) is 3.51. The van der Waals surface area contributed by atoms with Gasteiger partial charge < -0.3 is 9.88 Å². The Kier molecular flexibility index (Phi) is 7.42. The van der Waals surface area contributed by atoms with Crippen molar-refractivity contribution in [1.82, 2.24) is 19.1 Å². The number of aromatic amines is 1. The van der Waals surface area contributed by atoms with Crippen LogP contribution >= 0.6 is 11.9 Å². The van der Waals surface area contributed by atoms with Gasteiger partial charge in [-0.25, -0.2) is 4.31 Å². The molecular weight excluding hydrogens is 374 g/mol. The van der Waals surface area contributed by atoms with Crippen LogP contribution in [0.2, 0.25) is 0 Å². The molecule has 0 aliphatic carbocycles. The number of nitrogens with zero attached hydrogens (tertiary/aromatic N) is 3. The number of benzene rings is 1. The number of carbonyl (C=O) groups is 1. The van der Waals surface area contributed by atoms with E-state index in [1.165, 1.54) is 22.6 Å². The quantitative estimate of drug-likeness (QED) is 0.640. The summed E-state index contributed by atoms with van der Waals surface area (Å²) in [6.07, 6.45) is 1.62. The summed E-state index contributed by atoms with van der Waals surface area (Å²) in [6, 6.07) is 7.26. The summed E-state index contributed by atoms with van der Waals surface area (Å²) in [5.41, 5.74) is 3.40. The van der Waals surface area contributed by atoms with E-state index in [1.807, 2.05) is 39.0 Å². The Morgan fingerprint density at radius 1 is 1.29 bits per heavy atom. The van der Waals surface area contributed by atoms with E-state index < -0.39 is 0 Å². The van der Waals surface area contributed by atoms with E-state index in [-0.39, 0.29) is 18.0 Å². The van der Waals surface area contributed by atoms with Crippen LogP contribution in [0.5, 0.6) is 0 Å². The normalized spacial score (nSPS) is 10.7. The Labute approximate surface area is 169 Å². The van der Waals surface area contributed by atoms with Crippen molar-refractivity contribution in [2.45, 2.75) is 32.6 Å². The van der Waals surface area contributed by atoms with Gasteiger partial charge in [-0.2, -0.15) is 5.10 Å². The number of aromatic nitrogens is 3. The molecule has 1 amide bonds. The summed E-state index contributed by atoms with van der Waals surface area (Å²) in [5.74, 6) is -0.185. The van der Waals surface area contributed by atoms with Crippen LogP contribution in [-0.4, -0.2) is 38.6 Å². The zero-order chi connectivity index (χ0) is 20.8. The molecule has 0 aliphatic heterocycles. The highest BCUT2D eigenvalue weighted by Crippen LogP contribution is 2.30. The van der Waals surface area contributed by atoms with Crippen LogP contribution in [0.15, 0.2) is 40.2 Å². The van der Waals surface area contributed by atoms with Crippen LogP contribution in [0, 0.1) is 13.8 Å². The van der Waals surface area contributed by atoms with Gasteiger partial charge >= 0.3 is 0 Å². The van der Waals surface area contributed by atoms with Gasteiger partial charge in [0.2, 0.25) is 5.91 Å². The van der Waals surface area contributed by atoms with E-state index in [2.05, 4.69) is 27.6 Å². The maximum Gasteiger partial charge on any atom is 0.252 e. The molecule has 0 saturated carbocycles. The predicted molar refractivity (Wildman–Crippen MR) is 116 cm³/mol. The highest BCUT2D eigenvalue weighted by Gasteiger charge is 2.13. The number of hydrogen-bond donors (Lipinski definition) is 2. The van der Waals surface area contributed by atoms with Gasteiger partial charge in [0, 0.05) is 36.1 Å². The van der Waals surface area contributed by atoms with Gasteiger partial charge in [0.1, 0.15) is 5.52 Å². The third kappa shape index (κ3) is 5.24. The smallest absolute Gasteiger partial charge is 0.252 e. The summed E-state index contributed by atoms with van der Waals surface area (Å²) >= 11 is 1.47. The van der Waals surface area contributed by atoms with Gasteiger partial charge in [-0.1, -0.05) is 13.8 Å². The van der Waals surface area contributed by atoms with E-state index in [9.17, 15) is 9.59 Å². The number of hydrogen-bond acceptors (Lipinski definition) is 5. The van der Waals surface area contributed by atoms with Crippen molar-refractivity contribution in [2.24, 2.45) is 7.05 Å². The first-order valence-corrected chi connectivity index (χ1v) is 9.92. The number of aryl methyl sites for hydroxylation is 3. The summed E-state index contributed by atoms with van der Waals surface area (Å²) in [5, 5.41) is 11.2. The molecule has 8 heteroatoms. The second-order valence-electron chi connectivity index (χ2n) is 6.30. The van der Waals surface area contributed by atoms with Crippen LogP contribution in [0.4, 0.5) is 5.69 Å². The molecule has 0 saturated heterocycles. The zero-order valence-electron chi connectivity index (χ0n) is 17.2. The van der Waals surface area contributed by atoms with Gasteiger partial charge in [-0.15, -0.1) is 0 Å². The monoisotopic (exact) mass is 401 g/mol. The molecule has 150 valence electrons. The summed E-state index contributed by atoms with van der Waals surface area (Å²) in [4.78, 5) is 24.9. The molecule has 3 aromatic rings. The topological polar surface area (TPSA) is 83.0 Å². The largest absolute Gasteiger partial charge is 0.325 e. The minimum absolute atomic E-state index is 0.165. The molecule has 2 heterocycles. The van der Waals surface area contributed by atoms with Gasteiger partial charge in [0.25, 0.3) is 5.56 Å². The van der Waals surface area contributed by atoms with Crippen molar-refractivity contribution < 1.29 is 4.79 Å². The van der Waals surface area contributed by atoms with Crippen molar-refractivity contribution in [1.29, 1.82) is 0 Å². The van der Waals surface area contributed by atoms with Crippen LogP contribution in [0.25, 0.3) is 10.9 Å². The third-order valence-electron chi connectivity index (χ3n) is 3.97. The van der Waals surface area contributed by atoms with E-state index in [4.69, 9.17) is 0 Å². The number of pyridine rings is 1. The van der Waals surface area contributed by atoms with Crippen LogP contribution in [0.3, 0.4) is 0 Å². The predicted octanol–water partition coefficient (Wildman–Crippen LogP) is 3.48. The number of nitrogens with one attached hydrogen (secondary N) is 2. The van der Waals surface area contributed by atoms with Crippen molar-refractivity contribution in [3.63, 3.8) is 0 Å². The molecular formula is C20H27N5O2S. The fourth-order valence-electron chi connectivity index (χ4n) is 2.65. The number of likely N-dealkylation sites (N-methyl/N-ethyl adjacent to an activating group) is 1. The zero-order valence-corrected chi connectivity index (χ0v) is 18.0. The average Bonchev–Trinajstić information content (AvgIpc) is 3.01. The molecule has 1 aromatic carbocycles. The van der Waals surface area contributed by atoms with Crippen molar-refractivity contribution in [2.75, 3.05) is 18.9 Å². The standard InChI is InChI=1S/C18H21N5O2S.C2H6/c1-11-7-14-12(2)20-21-18(14)15(8-11)26-23(4)10-16(24)19-13-5-6-22(3)17(25)9-13;1-2/h5-9H,10H2,1-4H3,(H,19,24)(H,20,21);1-2H3. The van der Waals surface area contributed by atoms with Crippen molar-refractivity contribution >= 4 is 34.4 Å². The highest BCUT2D eigenvalue weighted by atomic mass is 32.2. The maximum absolute atomic E-state index is 12.2. The Balaban J connectivity index is 0.00000136. The molecule has 3 rings (SSSR count). The van der Waals surface area contributed by atoms with Gasteiger partial charge in [-0.3, -0.25) is 14.7 Å². The Morgan fingerprint density at radius 3 is 2.68 bits per heavy atom. The SMILES string of the molecule is CC.Cc1cc(SN(C)CC(=O)Nc2ccn(C)c(=O)c2)c2n[nH]c(C)c2c1. The second kappa shape index (κ2) is 9.57. The Morgan fingerprint density at radius 2 is 2.00 bits per heavy atom. The second-order valence-corrected chi connectivity index (χ2v) is 7.54. The molecule has 2 aromatic heterocycles. The van der Waals surface area contributed by atoms with Gasteiger partial charge in [0.15, 0.2) is 0 Å². The molecule has 0 unspecified atom stereocenters. The molecule has 0 fully saturated rings. The summed E-state index contributed by atoms with van der Waals surface area (Å²) in [6.45, 7) is 8.21. The number of fused-ring (bicyclic) bond motifs is 1. The number of carbonyl (C=O) groups excluding carboxylic acids is 1. The van der Waals surface area contributed by atoms with E-state index in [0.29, 0.717) is 5.69 Å². The lowest BCUT2D eigenvalue weighted by molar-refractivity contribution is -0.116. The first kappa shape index (κ1) is 21.7. The van der Waals surface area contributed by atoms with Crippen LogP contribution < -0.4 is 10.9 Å². The number of amides is 1. The third-order valence-corrected chi connectivity index (χ3v) is 4.92. The van der Waals surface area contributed by atoms with Gasteiger partial charge in [0.05, 0.1) is 11.4 Å². The Hall–Kier alpha value is -2.58. The van der Waals surface area contributed by atoms with E-state index in [1.54, 1.807) is 19.3 Å². The number of anilines is 1. The van der Waals surface area contributed by atoms with Crippen molar-refractivity contribution in [3.05, 3.63) is 52.1 Å². The van der Waals surface area contributed by atoms with Crippen LogP contribution in [-0.2, 0) is 11.8 Å². The molecule has 28 heavy (non-hydrogen) atoms. The first-order chi connectivity index (χ1) is 13.3. The molecule has 0 radical (unpaired) electrons. The Bertz CT molecular complexity index is 1030. The number of H-pyrrole nitrogens is 1. The molecule has 0 aliphatic rings. The van der Waals surface area contributed by atoms with Crippen molar-refractivity contribution in [3.8, 4) is 0 Å². The maximum atomic E-state index is 12.2. The molecule has 0 spiro atoms. The minimum Gasteiger partial charge on any atom is -0.325 e. The first-order valence-electron chi connectivity index (χ1n) is 9.14. The molecule has 7 nitrogen and oxygen atoms in total. The lowest BCUT2D eigenvalue weighted by Crippen LogP contribution is -2.26. The van der Waals surface area contributed by atoms with E-state index in [0.717, 1.165) is 27.1 Å². The average molecular weight is 402 g/mol. The molecule has 2 N–H and O–H groups in total. The fourth-order valence-corrected chi connectivity index (χ4v) is 3.64. The van der Waals surface area contributed by atoms with Crippen LogP contribution in [0.1, 0.15) is 25.1 Å². The fraction of sp³-hybridized carbons (Fsp3) is 0.350. The molecule has 0 atom stereocenters. The number of rotatable bonds is 5. The summed E-state index contributed by atoms with van der Waals surface area (Å²) < 4.78 is 3.29. The molecule has 0 bridgehead atoms.